The van der Waals surface area contributed by atoms with Crippen LogP contribution in [-0.2, 0) is 9.53 Å². The van der Waals surface area contributed by atoms with Crippen LogP contribution in [0.1, 0.15) is 27.7 Å². The molecule has 86 valence electrons. The Morgan fingerprint density at radius 3 is 2.27 bits per heavy atom. The maximum absolute atomic E-state index is 11.1. The Labute approximate surface area is 96.4 Å². The molecule has 1 atom stereocenters. The Hall–Kier alpha value is -0.990. The molecule has 1 unspecified atom stereocenters. The van der Waals surface area contributed by atoms with E-state index >= 15 is 0 Å². The van der Waals surface area contributed by atoms with Gasteiger partial charge in [0.15, 0.2) is 5.92 Å². The first-order chi connectivity index (χ1) is 6.82. The normalized spacial score (nSPS) is 11.5. The third kappa shape index (κ3) is 10.9. The lowest BCUT2D eigenvalue weighted by atomic mass is 10.1. The zero-order valence-electron chi connectivity index (χ0n) is 9.61. The maximum Gasteiger partial charge on any atom is 0.328 e. The van der Waals surface area contributed by atoms with E-state index in [1.165, 1.54) is 0 Å². The van der Waals surface area contributed by atoms with Gasteiger partial charge in [-0.2, -0.15) is 5.26 Å². The number of rotatable bonds is 2. The highest BCUT2D eigenvalue weighted by Crippen LogP contribution is 2.09. The summed E-state index contributed by atoms with van der Waals surface area (Å²) < 4.78 is 4.92. The molecule has 0 saturated carbocycles. The van der Waals surface area contributed by atoms with Gasteiger partial charge < -0.3 is 10.5 Å². The van der Waals surface area contributed by atoms with Crippen molar-refractivity contribution in [2.75, 3.05) is 6.54 Å². The number of hydrogen-bond acceptors (Lipinski definition) is 5. The molecule has 0 aliphatic heterocycles. The van der Waals surface area contributed by atoms with Crippen molar-refractivity contribution in [1.82, 2.24) is 0 Å². The summed E-state index contributed by atoms with van der Waals surface area (Å²) in [6.07, 6.45) is 0. The van der Waals surface area contributed by atoms with E-state index in [9.17, 15) is 4.79 Å². The number of nitrogens with zero attached hydrogens (tertiary/aromatic N) is 1. The van der Waals surface area contributed by atoms with E-state index in [0.29, 0.717) is 0 Å². The van der Waals surface area contributed by atoms with E-state index in [4.69, 9.17) is 15.7 Å². The predicted octanol–water partition coefficient (Wildman–Crippen LogP) is 1.43. The number of nitrogens with two attached hydrogens (primary N) is 1. The number of carbonyl (C=O) groups excluding carboxylic acids is 1. The van der Waals surface area contributed by atoms with Gasteiger partial charge in [-0.15, -0.1) is 0 Å². The molecular formula is C10H18N2O2S. The second kappa shape index (κ2) is 8.33. The van der Waals surface area contributed by atoms with E-state index in [2.05, 4.69) is 12.2 Å². The van der Waals surface area contributed by atoms with Crippen LogP contribution in [0.25, 0.3) is 0 Å². The van der Waals surface area contributed by atoms with Crippen LogP contribution in [0.5, 0.6) is 0 Å². The number of thiocarbonyl (C=S) groups is 1. The van der Waals surface area contributed by atoms with Crippen LogP contribution in [0, 0.1) is 17.2 Å². The van der Waals surface area contributed by atoms with Gasteiger partial charge in [0.25, 0.3) is 0 Å². The van der Waals surface area contributed by atoms with Crippen LogP contribution in [0.3, 0.4) is 0 Å². The molecule has 0 radical (unpaired) electrons. The summed E-state index contributed by atoms with van der Waals surface area (Å²) in [5.74, 6) is -1.51. The molecule has 0 fully saturated rings. The molecule has 0 aromatic rings. The lowest BCUT2D eigenvalue weighted by Crippen LogP contribution is -2.28. The molecule has 5 heteroatoms. The molecule has 0 aromatic carbocycles. The molecule has 0 heterocycles. The predicted molar refractivity (Wildman–Crippen MR) is 63.3 cm³/mol. The van der Waals surface area contributed by atoms with Gasteiger partial charge in [0.05, 0.1) is 6.07 Å². The zero-order chi connectivity index (χ0) is 12.5. The fourth-order valence-corrected chi connectivity index (χ4v) is 0.676. The van der Waals surface area contributed by atoms with Gasteiger partial charge in [-0.3, -0.25) is 4.79 Å². The third-order valence-electron chi connectivity index (χ3n) is 0.936. The first-order valence-electron chi connectivity index (χ1n) is 4.60. The fourth-order valence-electron chi connectivity index (χ4n) is 0.504. The van der Waals surface area contributed by atoms with Gasteiger partial charge in [-0.05, 0) is 27.3 Å². The number of carbonyl (C=O) groups is 1. The highest BCUT2D eigenvalue weighted by molar-refractivity contribution is 7.79. The van der Waals surface area contributed by atoms with Crippen LogP contribution in [0.4, 0.5) is 0 Å². The van der Waals surface area contributed by atoms with Crippen LogP contribution < -0.4 is 5.73 Å². The summed E-state index contributed by atoms with van der Waals surface area (Å²) in [5, 5.41) is 9.55. The highest BCUT2D eigenvalue weighted by Gasteiger charge is 2.22. The van der Waals surface area contributed by atoms with Gasteiger partial charge in [0.2, 0.25) is 0 Å². The van der Waals surface area contributed by atoms with Crippen molar-refractivity contribution in [1.29, 1.82) is 5.26 Å². The molecule has 0 spiro atoms. The number of hydrogen-bond donors (Lipinski definition) is 1. The van der Waals surface area contributed by atoms with Gasteiger partial charge in [-0.1, -0.05) is 19.1 Å². The first kappa shape index (κ1) is 16.4. The van der Waals surface area contributed by atoms with E-state index < -0.39 is 17.5 Å². The highest BCUT2D eigenvalue weighted by atomic mass is 32.1. The van der Waals surface area contributed by atoms with Crippen molar-refractivity contribution >= 4 is 23.6 Å². The molecule has 2 N–H and O–H groups in total. The van der Waals surface area contributed by atoms with Gasteiger partial charge in [-0.25, -0.2) is 0 Å². The summed E-state index contributed by atoms with van der Waals surface area (Å²) in [5.41, 5.74) is 4.28. The van der Waals surface area contributed by atoms with Crippen molar-refractivity contribution in [3.05, 3.63) is 0 Å². The number of esters is 1. The first-order valence-corrected chi connectivity index (χ1v) is 5.07. The quantitative estimate of drug-likeness (QED) is 0.573. The summed E-state index contributed by atoms with van der Waals surface area (Å²) >= 11 is 4.49. The summed E-state index contributed by atoms with van der Waals surface area (Å²) in [6, 6.07) is 1.74. The van der Waals surface area contributed by atoms with Gasteiger partial charge in [0, 0.05) is 5.37 Å². The molecule has 0 aliphatic carbocycles. The molecule has 0 rings (SSSR count). The van der Waals surface area contributed by atoms with Gasteiger partial charge >= 0.3 is 5.97 Å². The topological polar surface area (TPSA) is 76.1 Å². The average molecular weight is 230 g/mol. The third-order valence-corrected chi connectivity index (χ3v) is 1.21. The van der Waals surface area contributed by atoms with Crippen molar-refractivity contribution in [3.8, 4) is 6.07 Å². The second-order valence-electron chi connectivity index (χ2n) is 3.68. The lowest BCUT2D eigenvalue weighted by Gasteiger charge is -2.19. The minimum absolute atomic E-state index is 0.565. The van der Waals surface area contributed by atoms with Crippen molar-refractivity contribution < 1.29 is 9.53 Å². The molecule has 0 saturated heterocycles. The molecule has 15 heavy (non-hydrogen) atoms. The minimum atomic E-state index is -0.931. The van der Waals surface area contributed by atoms with Crippen LogP contribution in [0.15, 0.2) is 0 Å². The maximum atomic E-state index is 11.1. The summed E-state index contributed by atoms with van der Waals surface area (Å²) in [6.45, 7) is 7.87. The number of ether oxygens (including phenoxy) is 1. The largest absolute Gasteiger partial charge is 0.459 e. The molecule has 0 bridgehead atoms. The number of nitriles is 1. The molecule has 0 aliphatic rings. The van der Waals surface area contributed by atoms with Gasteiger partial charge in [0.1, 0.15) is 5.60 Å². The van der Waals surface area contributed by atoms with E-state index in [1.807, 2.05) is 6.92 Å². The van der Waals surface area contributed by atoms with Crippen LogP contribution in [0.2, 0.25) is 0 Å². The Balaban J connectivity index is 0. The minimum Gasteiger partial charge on any atom is -0.459 e. The fraction of sp³-hybridized carbons (Fsp3) is 0.700. The standard InChI is InChI=1S/C8H11NO2S.C2H7N/c1-8(2,3)11-7(10)6(4-9)5-12;1-2-3/h5-6H,1-3H3;2-3H2,1H3. The SMILES string of the molecule is CC(C)(C)OC(=O)C(C#N)C=S.CCN. The van der Waals surface area contributed by atoms with Crippen molar-refractivity contribution in [2.24, 2.45) is 11.7 Å². The van der Waals surface area contributed by atoms with E-state index in [1.54, 1.807) is 26.8 Å². The molecule has 0 amide bonds. The van der Waals surface area contributed by atoms with Crippen molar-refractivity contribution in [2.45, 2.75) is 33.3 Å². The monoisotopic (exact) mass is 230 g/mol. The Kier molecular flexibility index (Phi) is 9.13. The Morgan fingerprint density at radius 2 is 2.07 bits per heavy atom. The average Bonchev–Trinajstić information content (AvgIpc) is 2.04. The Morgan fingerprint density at radius 1 is 1.67 bits per heavy atom. The summed E-state index contributed by atoms with van der Waals surface area (Å²) in [7, 11) is 0. The van der Waals surface area contributed by atoms with E-state index in [0.717, 1.165) is 11.9 Å². The lowest BCUT2D eigenvalue weighted by molar-refractivity contribution is -0.155. The molecule has 4 nitrogen and oxygen atoms in total. The molecular weight excluding hydrogens is 212 g/mol. The molecule has 0 aromatic heterocycles. The smallest absolute Gasteiger partial charge is 0.328 e. The second-order valence-corrected chi connectivity index (χ2v) is 3.96. The van der Waals surface area contributed by atoms with Crippen molar-refractivity contribution in [3.63, 3.8) is 0 Å². The Bertz CT molecular complexity index is 241. The summed E-state index contributed by atoms with van der Waals surface area (Å²) in [4.78, 5) is 11.1. The van der Waals surface area contributed by atoms with E-state index in [-0.39, 0.29) is 0 Å². The van der Waals surface area contributed by atoms with Crippen LogP contribution >= 0.6 is 12.2 Å². The van der Waals surface area contributed by atoms with Crippen LogP contribution in [-0.4, -0.2) is 23.5 Å². The zero-order valence-corrected chi connectivity index (χ0v) is 10.4.